The van der Waals surface area contributed by atoms with Crippen LogP contribution in [0.4, 0.5) is 11.4 Å². The Bertz CT molecular complexity index is 1370. The van der Waals surface area contributed by atoms with Crippen LogP contribution in [0, 0.1) is 16.0 Å². The van der Waals surface area contributed by atoms with E-state index in [0.717, 1.165) is 24.9 Å². The van der Waals surface area contributed by atoms with Crippen molar-refractivity contribution in [3.8, 4) is 11.3 Å². The Morgan fingerprint density at radius 1 is 1.14 bits per heavy atom. The van der Waals surface area contributed by atoms with Gasteiger partial charge in [0.1, 0.15) is 16.5 Å². The number of rotatable bonds is 5. The molecular weight excluding hydrogens is 498 g/mol. The number of aliphatic imine (C=N–C) groups is 1. The fourth-order valence-electron chi connectivity index (χ4n) is 4.67. The van der Waals surface area contributed by atoms with Crippen LogP contribution in [-0.4, -0.2) is 26.9 Å². The van der Waals surface area contributed by atoms with Crippen molar-refractivity contribution >= 4 is 51.9 Å². The van der Waals surface area contributed by atoms with E-state index in [2.05, 4.69) is 6.92 Å². The van der Waals surface area contributed by atoms with Gasteiger partial charge in [-0.05, 0) is 66.9 Å². The molecule has 7 nitrogen and oxygen atoms in total. The van der Waals surface area contributed by atoms with E-state index in [9.17, 15) is 14.9 Å². The molecule has 9 heteroatoms. The summed E-state index contributed by atoms with van der Waals surface area (Å²) in [5, 5.41) is 12.0. The molecular formula is C27H24ClN3O4S. The summed E-state index contributed by atoms with van der Waals surface area (Å²) in [6.45, 7) is 2.20. The minimum atomic E-state index is -0.528. The molecule has 0 radical (unpaired) electrons. The maximum absolute atomic E-state index is 13.6. The minimum Gasteiger partial charge on any atom is -0.457 e. The Labute approximate surface area is 218 Å². The molecule has 2 aromatic carbocycles. The zero-order chi connectivity index (χ0) is 25.2. The van der Waals surface area contributed by atoms with Crippen LogP contribution in [0.1, 0.15) is 38.4 Å². The lowest BCUT2D eigenvalue weighted by Crippen LogP contribution is -2.44. The van der Waals surface area contributed by atoms with Crippen molar-refractivity contribution in [3.63, 3.8) is 0 Å². The van der Waals surface area contributed by atoms with Crippen molar-refractivity contribution in [1.29, 1.82) is 0 Å². The highest BCUT2D eigenvalue weighted by Crippen LogP contribution is 2.40. The maximum atomic E-state index is 13.6. The number of amidine groups is 1. The Morgan fingerprint density at radius 3 is 2.67 bits per heavy atom. The fourth-order valence-corrected chi connectivity index (χ4v) is 5.88. The molecule has 36 heavy (non-hydrogen) atoms. The molecule has 1 aromatic heterocycles. The van der Waals surface area contributed by atoms with E-state index >= 15 is 0 Å². The summed E-state index contributed by atoms with van der Waals surface area (Å²) in [5.74, 6) is 1.25. The number of para-hydroxylation sites is 1. The van der Waals surface area contributed by atoms with E-state index in [1.54, 1.807) is 24.3 Å². The van der Waals surface area contributed by atoms with Crippen molar-refractivity contribution in [1.82, 2.24) is 4.90 Å². The van der Waals surface area contributed by atoms with Crippen LogP contribution in [0.15, 0.2) is 75.0 Å². The molecule has 5 rings (SSSR count). The second-order valence-corrected chi connectivity index (χ2v) is 10.4. The number of hydrogen-bond donors (Lipinski definition) is 0. The number of nitro benzene ring substituents is 1. The lowest BCUT2D eigenvalue weighted by Gasteiger charge is -2.35. The Kier molecular flexibility index (Phi) is 6.98. The molecule has 184 valence electrons. The Balaban J connectivity index is 1.47. The molecule has 1 saturated carbocycles. The number of halogens is 1. The number of amides is 1. The molecule has 1 aliphatic heterocycles. The molecule has 2 heterocycles. The summed E-state index contributed by atoms with van der Waals surface area (Å²) in [6, 6.07) is 17.7. The van der Waals surface area contributed by atoms with Crippen LogP contribution in [-0.2, 0) is 4.79 Å². The number of hydrogen-bond acceptors (Lipinski definition) is 6. The van der Waals surface area contributed by atoms with Gasteiger partial charge >= 0.3 is 0 Å². The van der Waals surface area contributed by atoms with Gasteiger partial charge in [0.05, 0.1) is 15.5 Å². The zero-order valence-corrected chi connectivity index (χ0v) is 21.2. The van der Waals surface area contributed by atoms with Crippen LogP contribution in [0.3, 0.4) is 0 Å². The van der Waals surface area contributed by atoms with Crippen LogP contribution in [0.5, 0.6) is 0 Å². The molecule has 2 fully saturated rings. The summed E-state index contributed by atoms with van der Waals surface area (Å²) >= 11 is 7.28. The van der Waals surface area contributed by atoms with Gasteiger partial charge in [-0.15, -0.1) is 0 Å². The number of nitro groups is 1. The second kappa shape index (κ2) is 10.3. The first-order chi connectivity index (χ1) is 17.4. The van der Waals surface area contributed by atoms with Gasteiger partial charge in [-0.3, -0.25) is 19.8 Å². The van der Waals surface area contributed by atoms with E-state index in [-0.39, 0.29) is 22.7 Å². The summed E-state index contributed by atoms with van der Waals surface area (Å²) in [7, 11) is 0. The molecule has 0 bridgehead atoms. The number of nitrogens with zero attached hydrogens (tertiary/aromatic N) is 3. The first-order valence-electron chi connectivity index (χ1n) is 11.8. The van der Waals surface area contributed by atoms with Crippen molar-refractivity contribution < 1.29 is 14.1 Å². The summed E-state index contributed by atoms with van der Waals surface area (Å²) < 4.78 is 5.94. The van der Waals surface area contributed by atoms with E-state index in [0.29, 0.717) is 33.1 Å². The topological polar surface area (TPSA) is 89.0 Å². The van der Waals surface area contributed by atoms with Gasteiger partial charge in [0.25, 0.3) is 11.6 Å². The smallest absolute Gasteiger partial charge is 0.288 e. The molecule has 2 aliphatic rings. The highest BCUT2D eigenvalue weighted by atomic mass is 35.5. The molecule has 1 aliphatic carbocycles. The van der Waals surface area contributed by atoms with Crippen LogP contribution >= 0.6 is 23.4 Å². The van der Waals surface area contributed by atoms with Crippen LogP contribution < -0.4 is 0 Å². The second-order valence-electron chi connectivity index (χ2n) is 8.97. The molecule has 0 unspecified atom stereocenters. The first kappa shape index (κ1) is 24.3. The summed E-state index contributed by atoms with van der Waals surface area (Å²) in [5.41, 5.74) is 1.14. The third-order valence-corrected chi connectivity index (χ3v) is 7.85. The highest BCUT2D eigenvalue weighted by Gasteiger charge is 2.41. The van der Waals surface area contributed by atoms with Crippen molar-refractivity contribution in [2.45, 2.75) is 38.6 Å². The maximum Gasteiger partial charge on any atom is 0.288 e. The Hall–Kier alpha value is -3.36. The largest absolute Gasteiger partial charge is 0.457 e. The molecule has 0 N–H and O–H groups in total. The highest BCUT2D eigenvalue weighted by molar-refractivity contribution is 8.18. The molecule has 1 amide bonds. The van der Waals surface area contributed by atoms with E-state index in [1.165, 1.54) is 30.3 Å². The third-order valence-electron chi connectivity index (χ3n) is 6.54. The third kappa shape index (κ3) is 4.96. The average Bonchev–Trinajstić information content (AvgIpc) is 3.45. The van der Waals surface area contributed by atoms with E-state index < -0.39 is 4.92 Å². The normalized spacial score (nSPS) is 22.5. The van der Waals surface area contributed by atoms with Crippen LogP contribution in [0.2, 0.25) is 5.02 Å². The minimum absolute atomic E-state index is 0.0628. The van der Waals surface area contributed by atoms with Gasteiger partial charge in [0, 0.05) is 23.7 Å². The van der Waals surface area contributed by atoms with Gasteiger partial charge in [0.15, 0.2) is 5.17 Å². The molecule has 3 aromatic rings. The van der Waals surface area contributed by atoms with Gasteiger partial charge in [0.2, 0.25) is 0 Å². The SMILES string of the molecule is C[C@H]1CCCC[C@H]1N1C(=O)/C(=C/c2ccc(-c3ccc(Cl)c([N+](=O)[O-])c3)o2)SC1=Nc1ccccc1. The van der Waals surface area contributed by atoms with Gasteiger partial charge in [-0.2, -0.15) is 0 Å². The van der Waals surface area contributed by atoms with E-state index in [4.69, 9.17) is 21.0 Å². The number of benzene rings is 2. The Morgan fingerprint density at radius 2 is 1.92 bits per heavy atom. The fraction of sp³-hybridized carbons (Fsp3) is 0.259. The number of thioether (sulfide) groups is 1. The number of carbonyl (C=O) groups excluding carboxylic acids is 1. The lowest BCUT2D eigenvalue weighted by atomic mass is 9.85. The first-order valence-corrected chi connectivity index (χ1v) is 13.0. The molecule has 0 spiro atoms. The van der Waals surface area contributed by atoms with Crippen LogP contribution in [0.25, 0.3) is 17.4 Å². The van der Waals surface area contributed by atoms with E-state index in [1.807, 2.05) is 35.2 Å². The van der Waals surface area contributed by atoms with Gasteiger partial charge in [-0.1, -0.05) is 49.6 Å². The molecule has 2 atom stereocenters. The number of furan rings is 1. The summed E-state index contributed by atoms with van der Waals surface area (Å²) in [4.78, 5) is 31.5. The quantitative estimate of drug-likeness (QED) is 0.195. The van der Waals surface area contributed by atoms with Crippen molar-refractivity contribution in [3.05, 3.63) is 86.5 Å². The standard InChI is InChI=1S/C27H24ClN3O4S/c1-17-7-5-6-10-22(17)30-26(32)25(36-27(30)29-19-8-3-2-4-9-19)16-20-12-14-24(35-20)18-11-13-21(28)23(15-18)31(33)34/h2-4,8-9,11-17,22H,5-7,10H2,1H3/b25-16-,29-27?/t17-,22+/m0/s1. The predicted octanol–water partition coefficient (Wildman–Crippen LogP) is 7.69. The zero-order valence-electron chi connectivity index (χ0n) is 19.6. The molecule has 1 saturated heterocycles. The monoisotopic (exact) mass is 521 g/mol. The van der Waals surface area contributed by atoms with Crippen molar-refractivity contribution in [2.24, 2.45) is 10.9 Å². The van der Waals surface area contributed by atoms with Crippen molar-refractivity contribution in [2.75, 3.05) is 0 Å². The average molecular weight is 522 g/mol. The number of carbonyl (C=O) groups is 1. The predicted molar refractivity (Wildman–Crippen MR) is 143 cm³/mol. The summed E-state index contributed by atoms with van der Waals surface area (Å²) in [6.07, 6.45) is 6.03. The van der Waals surface area contributed by atoms with Gasteiger partial charge < -0.3 is 4.42 Å². The lowest BCUT2D eigenvalue weighted by molar-refractivity contribution is -0.384. The van der Waals surface area contributed by atoms with Gasteiger partial charge in [-0.25, -0.2) is 4.99 Å².